The summed E-state index contributed by atoms with van der Waals surface area (Å²) in [6.45, 7) is 3.64. The summed E-state index contributed by atoms with van der Waals surface area (Å²) in [6, 6.07) is 2.14. The van der Waals surface area contributed by atoms with Crippen molar-refractivity contribution in [2.24, 2.45) is 0 Å². The molecule has 0 aromatic heterocycles. The Morgan fingerprint density at radius 1 is 1.35 bits per heavy atom. The topological polar surface area (TPSA) is 21.3 Å². The molecule has 1 heterocycles. The second-order valence-electron chi connectivity index (χ2n) is 4.25. The van der Waals surface area contributed by atoms with Gasteiger partial charge in [0.15, 0.2) is 0 Å². The van der Waals surface area contributed by atoms with Crippen molar-refractivity contribution in [3.8, 4) is 0 Å². The lowest BCUT2D eigenvalue weighted by molar-refractivity contribution is 0.121. The van der Waals surface area contributed by atoms with Gasteiger partial charge in [-0.25, -0.2) is 8.78 Å². The predicted octanol–water partition coefficient (Wildman–Crippen LogP) is 2.58. The van der Waals surface area contributed by atoms with E-state index < -0.39 is 0 Å². The van der Waals surface area contributed by atoms with Crippen LogP contribution < -0.4 is 5.32 Å². The maximum absolute atomic E-state index is 13.8. The van der Waals surface area contributed by atoms with Gasteiger partial charge in [0.05, 0.1) is 19.3 Å². The summed E-state index contributed by atoms with van der Waals surface area (Å²) in [6.07, 6.45) is 1.38. The van der Waals surface area contributed by atoms with Crippen LogP contribution in [0.4, 0.5) is 8.78 Å². The molecule has 0 saturated heterocycles. The highest BCUT2D eigenvalue weighted by Crippen LogP contribution is 2.27. The molecule has 0 amide bonds. The molecular weight excluding hydrogens is 224 g/mol. The predicted molar refractivity (Wildman–Crippen MR) is 61.9 cm³/mol. The maximum atomic E-state index is 13.8. The molecule has 1 aliphatic rings. The largest absolute Gasteiger partial charge is 0.379 e. The van der Waals surface area contributed by atoms with E-state index in [1.54, 1.807) is 0 Å². The van der Waals surface area contributed by atoms with Gasteiger partial charge in [0.25, 0.3) is 0 Å². The Labute approximate surface area is 100.0 Å². The highest BCUT2D eigenvalue weighted by Gasteiger charge is 2.24. The molecule has 0 saturated carbocycles. The Bertz CT molecular complexity index is 395. The van der Waals surface area contributed by atoms with Crippen LogP contribution in [-0.2, 0) is 11.2 Å². The van der Waals surface area contributed by atoms with Crippen LogP contribution in [0.2, 0.25) is 0 Å². The zero-order valence-electron chi connectivity index (χ0n) is 9.93. The van der Waals surface area contributed by atoms with Crippen molar-refractivity contribution in [3.05, 3.63) is 34.9 Å². The lowest BCUT2D eigenvalue weighted by Gasteiger charge is -2.19. The van der Waals surface area contributed by atoms with Gasteiger partial charge in [-0.1, -0.05) is 6.92 Å². The highest BCUT2D eigenvalue weighted by molar-refractivity contribution is 5.34. The van der Waals surface area contributed by atoms with Crippen LogP contribution in [0.3, 0.4) is 0 Å². The summed E-state index contributed by atoms with van der Waals surface area (Å²) >= 11 is 0. The average Bonchev–Trinajstić information content (AvgIpc) is 2.54. The molecule has 2 nitrogen and oxygen atoms in total. The third-order valence-corrected chi connectivity index (χ3v) is 3.02. The van der Waals surface area contributed by atoms with E-state index in [0.717, 1.165) is 13.0 Å². The summed E-state index contributed by atoms with van der Waals surface area (Å²) in [7, 11) is 0. The first-order valence-electron chi connectivity index (χ1n) is 6.02. The number of fused-ring (bicyclic) bond motifs is 1. The van der Waals surface area contributed by atoms with Gasteiger partial charge in [-0.15, -0.1) is 0 Å². The Morgan fingerprint density at radius 2 is 2.12 bits per heavy atom. The molecule has 1 unspecified atom stereocenters. The van der Waals surface area contributed by atoms with Crippen molar-refractivity contribution >= 4 is 0 Å². The number of rotatable bonds is 3. The Balaban J connectivity index is 2.36. The van der Waals surface area contributed by atoms with Gasteiger partial charge in [-0.3, -0.25) is 0 Å². The molecular formula is C13H17F2NO. The fraction of sp³-hybridized carbons (Fsp3) is 0.538. The summed E-state index contributed by atoms with van der Waals surface area (Å²) < 4.78 is 32.9. The van der Waals surface area contributed by atoms with Crippen LogP contribution in [0.1, 0.15) is 30.5 Å². The second kappa shape index (κ2) is 5.56. The minimum atomic E-state index is -0.347. The fourth-order valence-corrected chi connectivity index (χ4v) is 2.18. The first-order valence-corrected chi connectivity index (χ1v) is 6.02. The molecule has 1 N–H and O–H groups in total. The molecule has 0 spiro atoms. The molecule has 4 heteroatoms. The van der Waals surface area contributed by atoms with E-state index in [1.807, 2.05) is 6.92 Å². The Morgan fingerprint density at radius 3 is 2.88 bits per heavy atom. The van der Waals surface area contributed by atoms with Crippen molar-refractivity contribution in [1.82, 2.24) is 5.32 Å². The maximum Gasteiger partial charge on any atom is 0.128 e. The number of nitrogens with one attached hydrogen (secondary N) is 1. The number of halogens is 2. The SMILES string of the molecule is CCCNC1COCCc2c(F)ccc(F)c21. The molecule has 0 bridgehead atoms. The smallest absolute Gasteiger partial charge is 0.128 e. The molecule has 0 fully saturated rings. The Kier molecular flexibility index (Phi) is 4.07. The van der Waals surface area contributed by atoms with Crippen LogP contribution in [0.5, 0.6) is 0 Å². The average molecular weight is 241 g/mol. The zero-order chi connectivity index (χ0) is 12.3. The molecule has 17 heavy (non-hydrogen) atoms. The molecule has 0 aliphatic carbocycles. The Hall–Kier alpha value is -1.00. The van der Waals surface area contributed by atoms with Gasteiger partial charge in [-0.05, 0) is 37.1 Å². The third kappa shape index (κ3) is 2.64. The highest BCUT2D eigenvalue weighted by atomic mass is 19.1. The molecule has 1 aliphatic heterocycles. The van der Waals surface area contributed by atoms with Crippen molar-refractivity contribution < 1.29 is 13.5 Å². The first-order chi connectivity index (χ1) is 8.24. The van der Waals surface area contributed by atoms with Crippen molar-refractivity contribution in [3.63, 3.8) is 0 Å². The minimum Gasteiger partial charge on any atom is -0.379 e. The van der Waals surface area contributed by atoms with Gasteiger partial charge in [0, 0.05) is 5.56 Å². The molecule has 1 atom stereocenters. The van der Waals surface area contributed by atoms with E-state index in [9.17, 15) is 8.78 Å². The van der Waals surface area contributed by atoms with Crippen molar-refractivity contribution in [2.45, 2.75) is 25.8 Å². The summed E-state index contributed by atoms with van der Waals surface area (Å²) in [5.74, 6) is -0.685. The van der Waals surface area contributed by atoms with E-state index >= 15 is 0 Å². The number of hydrogen-bond donors (Lipinski definition) is 1. The molecule has 1 aromatic carbocycles. The first kappa shape index (κ1) is 12.5. The minimum absolute atomic E-state index is 0.247. The monoisotopic (exact) mass is 241 g/mol. The van der Waals surface area contributed by atoms with Gasteiger partial charge in [-0.2, -0.15) is 0 Å². The van der Waals surface area contributed by atoms with Crippen molar-refractivity contribution in [1.29, 1.82) is 0 Å². The molecule has 94 valence electrons. The second-order valence-corrected chi connectivity index (χ2v) is 4.25. The van der Waals surface area contributed by atoms with E-state index in [-0.39, 0.29) is 17.7 Å². The standard InChI is InChI=1S/C13H17F2NO/c1-2-6-16-12-8-17-7-5-9-10(14)3-4-11(15)13(9)12/h3-4,12,16H,2,5-8H2,1H3. The van der Waals surface area contributed by atoms with E-state index in [0.29, 0.717) is 30.8 Å². The number of ether oxygens (including phenoxy) is 1. The van der Waals surface area contributed by atoms with Gasteiger partial charge in [0.2, 0.25) is 0 Å². The van der Waals surface area contributed by atoms with Crippen LogP contribution in [0.15, 0.2) is 12.1 Å². The van der Waals surface area contributed by atoms with E-state index in [2.05, 4.69) is 5.32 Å². The van der Waals surface area contributed by atoms with Crippen molar-refractivity contribution in [2.75, 3.05) is 19.8 Å². The molecule has 1 aromatic rings. The lowest BCUT2D eigenvalue weighted by atomic mass is 9.98. The van der Waals surface area contributed by atoms with Gasteiger partial charge < -0.3 is 10.1 Å². The zero-order valence-corrected chi connectivity index (χ0v) is 9.93. The van der Waals surface area contributed by atoms with E-state index in [4.69, 9.17) is 4.74 Å². The summed E-state index contributed by atoms with van der Waals surface area (Å²) in [5.41, 5.74) is 0.895. The fourth-order valence-electron chi connectivity index (χ4n) is 2.18. The summed E-state index contributed by atoms with van der Waals surface area (Å²) in [4.78, 5) is 0. The van der Waals surface area contributed by atoms with E-state index in [1.165, 1.54) is 12.1 Å². The molecule has 0 radical (unpaired) electrons. The van der Waals surface area contributed by atoms with Crippen LogP contribution in [0, 0.1) is 11.6 Å². The lowest BCUT2D eigenvalue weighted by Crippen LogP contribution is -2.27. The van der Waals surface area contributed by atoms with Gasteiger partial charge in [0.1, 0.15) is 11.6 Å². The third-order valence-electron chi connectivity index (χ3n) is 3.02. The van der Waals surface area contributed by atoms with Crippen LogP contribution >= 0.6 is 0 Å². The number of benzene rings is 1. The number of hydrogen-bond acceptors (Lipinski definition) is 2. The molecule has 2 rings (SSSR count). The normalized spacial score (nSPS) is 19.8. The van der Waals surface area contributed by atoms with Crippen LogP contribution in [-0.4, -0.2) is 19.8 Å². The van der Waals surface area contributed by atoms with Crippen LogP contribution in [0.25, 0.3) is 0 Å². The quantitative estimate of drug-likeness (QED) is 0.878. The van der Waals surface area contributed by atoms with Gasteiger partial charge >= 0.3 is 0 Å². The summed E-state index contributed by atoms with van der Waals surface area (Å²) in [5, 5.41) is 3.20.